The average Bonchev–Trinajstić information content (AvgIpc) is 2.99. The Bertz CT molecular complexity index is 496. The van der Waals surface area contributed by atoms with Crippen LogP contribution in [0.5, 0.6) is 0 Å². The van der Waals surface area contributed by atoms with Gasteiger partial charge in [-0.25, -0.2) is 0 Å². The van der Waals surface area contributed by atoms with E-state index in [4.69, 9.17) is 4.74 Å². The molecule has 1 aliphatic rings. The SMILES string of the molecule is CC(C)c1ccc(C(C#N)NC(=O)C2CCCO2)cc1. The first-order valence-electron chi connectivity index (χ1n) is 7.03. The van der Waals surface area contributed by atoms with Gasteiger partial charge < -0.3 is 10.1 Å². The van der Waals surface area contributed by atoms with E-state index in [1.54, 1.807) is 0 Å². The Morgan fingerprint density at radius 1 is 1.35 bits per heavy atom. The third-order valence-corrected chi connectivity index (χ3v) is 3.57. The van der Waals surface area contributed by atoms with Gasteiger partial charge in [0.2, 0.25) is 5.91 Å². The average molecular weight is 272 g/mol. The van der Waals surface area contributed by atoms with Crippen molar-refractivity contribution in [3.05, 3.63) is 35.4 Å². The third kappa shape index (κ3) is 3.37. The van der Waals surface area contributed by atoms with Crippen molar-refractivity contribution in [2.24, 2.45) is 0 Å². The highest BCUT2D eigenvalue weighted by molar-refractivity contribution is 5.81. The summed E-state index contributed by atoms with van der Waals surface area (Å²) in [5, 5.41) is 12.0. The maximum Gasteiger partial charge on any atom is 0.250 e. The van der Waals surface area contributed by atoms with Crippen LogP contribution >= 0.6 is 0 Å². The van der Waals surface area contributed by atoms with Crippen molar-refractivity contribution >= 4 is 5.91 Å². The lowest BCUT2D eigenvalue weighted by atomic mass is 9.99. The van der Waals surface area contributed by atoms with Crippen molar-refractivity contribution in [3.8, 4) is 6.07 Å². The number of benzene rings is 1. The fourth-order valence-electron chi connectivity index (χ4n) is 2.28. The number of amides is 1. The fraction of sp³-hybridized carbons (Fsp3) is 0.500. The predicted octanol–water partition coefficient (Wildman–Crippen LogP) is 2.67. The minimum atomic E-state index is -0.618. The minimum Gasteiger partial charge on any atom is -0.368 e. The normalized spacial score (nSPS) is 19.6. The highest BCUT2D eigenvalue weighted by Gasteiger charge is 2.26. The Morgan fingerprint density at radius 3 is 2.50 bits per heavy atom. The van der Waals surface area contributed by atoms with Crippen LogP contribution in [-0.2, 0) is 9.53 Å². The van der Waals surface area contributed by atoms with Gasteiger partial charge in [-0.3, -0.25) is 4.79 Å². The molecule has 2 unspecified atom stereocenters. The topological polar surface area (TPSA) is 62.1 Å². The number of nitrogens with zero attached hydrogens (tertiary/aromatic N) is 1. The lowest BCUT2D eigenvalue weighted by Gasteiger charge is -2.16. The molecule has 1 fully saturated rings. The number of ether oxygens (including phenoxy) is 1. The summed E-state index contributed by atoms with van der Waals surface area (Å²) >= 11 is 0. The molecule has 2 rings (SSSR count). The van der Waals surface area contributed by atoms with Crippen LogP contribution in [0.15, 0.2) is 24.3 Å². The first kappa shape index (κ1) is 14.5. The molecule has 0 bridgehead atoms. The standard InChI is InChI=1S/C16H20N2O2/c1-11(2)12-5-7-13(8-6-12)14(10-17)18-16(19)15-4-3-9-20-15/h5-8,11,14-15H,3-4,9H2,1-2H3,(H,18,19). The second kappa shape index (κ2) is 6.53. The van der Waals surface area contributed by atoms with Gasteiger partial charge in [0.05, 0.1) is 6.07 Å². The smallest absolute Gasteiger partial charge is 0.250 e. The van der Waals surface area contributed by atoms with Crippen molar-refractivity contribution < 1.29 is 9.53 Å². The Labute approximate surface area is 119 Å². The number of nitriles is 1. The van der Waals surface area contributed by atoms with Crippen molar-refractivity contribution in [1.29, 1.82) is 5.26 Å². The van der Waals surface area contributed by atoms with Gasteiger partial charge >= 0.3 is 0 Å². The molecule has 1 aromatic rings. The summed E-state index contributed by atoms with van der Waals surface area (Å²) < 4.78 is 5.33. The van der Waals surface area contributed by atoms with E-state index < -0.39 is 12.1 Å². The Hall–Kier alpha value is -1.86. The zero-order valence-corrected chi connectivity index (χ0v) is 11.9. The van der Waals surface area contributed by atoms with Crippen LogP contribution in [0.4, 0.5) is 0 Å². The summed E-state index contributed by atoms with van der Waals surface area (Å²) in [6.45, 7) is 4.87. The second-order valence-electron chi connectivity index (χ2n) is 5.39. The number of nitrogens with one attached hydrogen (secondary N) is 1. The van der Waals surface area contributed by atoms with Crippen LogP contribution in [0, 0.1) is 11.3 Å². The summed E-state index contributed by atoms with van der Waals surface area (Å²) in [5.41, 5.74) is 2.03. The van der Waals surface area contributed by atoms with Gasteiger partial charge in [-0.1, -0.05) is 38.1 Å². The van der Waals surface area contributed by atoms with Gasteiger partial charge in [0.1, 0.15) is 12.1 Å². The first-order valence-corrected chi connectivity index (χ1v) is 7.03. The Kier molecular flexibility index (Phi) is 4.75. The summed E-state index contributed by atoms with van der Waals surface area (Å²) in [4.78, 5) is 12.0. The van der Waals surface area contributed by atoms with Crippen LogP contribution in [0.3, 0.4) is 0 Å². The van der Waals surface area contributed by atoms with Crippen molar-refractivity contribution in [2.75, 3.05) is 6.61 Å². The number of hydrogen-bond donors (Lipinski definition) is 1. The quantitative estimate of drug-likeness (QED) is 0.916. The maximum absolute atomic E-state index is 12.0. The third-order valence-electron chi connectivity index (χ3n) is 3.57. The molecular formula is C16H20N2O2. The fourth-order valence-corrected chi connectivity index (χ4v) is 2.28. The van der Waals surface area contributed by atoms with E-state index >= 15 is 0 Å². The highest BCUT2D eigenvalue weighted by atomic mass is 16.5. The molecule has 0 spiro atoms. The first-order chi connectivity index (χ1) is 9.61. The van der Waals surface area contributed by atoms with Gasteiger partial charge in [-0.15, -0.1) is 0 Å². The van der Waals surface area contributed by atoms with E-state index in [2.05, 4.69) is 25.2 Å². The number of carbonyl (C=O) groups excluding carboxylic acids is 1. The van der Waals surface area contributed by atoms with Crippen molar-refractivity contribution in [1.82, 2.24) is 5.32 Å². The minimum absolute atomic E-state index is 0.193. The molecule has 1 N–H and O–H groups in total. The van der Waals surface area contributed by atoms with E-state index in [9.17, 15) is 10.1 Å². The van der Waals surface area contributed by atoms with Crippen LogP contribution in [0.25, 0.3) is 0 Å². The van der Waals surface area contributed by atoms with E-state index in [-0.39, 0.29) is 5.91 Å². The van der Waals surface area contributed by atoms with Crippen LogP contribution in [0.1, 0.15) is 49.8 Å². The van der Waals surface area contributed by atoms with Crippen LogP contribution in [-0.4, -0.2) is 18.6 Å². The molecule has 0 radical (unpaired) electrons. The molecule has 0 aliphatic carbocycles. The molecular weight excluding hydrogens is 252 g/mol. The Morgan fingerprint density at radius 2 is 2.00 bits per heavy atom. The molecule has 1 saturated heterocycles. The number of hydrogen-bond acceptors (Lipinski definition) is 3. The molecule has 1 heterocycles. The zero-order valence-electron chi connectivity index (χ0n) is 11.9. The van der Waals surface area contributed by atoms with E-state index in [0.29, 0.717) is 12.5 Å². The summed E-state index contributed by atoms with van der Waals surface area (Å²) in [7, 11) is 0. The van der Waals surface area contributed by atoms with Crippen LogP contribution in [0.2, 0.25) is 0 Å². The van der Waals surface area contributed by atoms with Crippen molar-refractivity contribution in [3.63, 3.8) is 0 Å². The molecule has 1 amide bonds. The summed E-state index contributed by atoms with van der Waals surface area (Å²) in [6.07, 6.45) is 1.23. The molecule has 4 nitrogen and oxygen atoms in total. The molecule has 0 saturated carbocycles. The number of carbonyl (C=O) groups is 1. The van der Waals surface area contributed by atoms with E-state index in [1.165, 1.54) is 5.56 Å². The van der Waals surface area contributed by atoms with Crippen molar-refractivity contribution in [2.45, 2.75) is 44.8 Å². The predicted molar refractivity (Wildman–Crippen MR) is 76.0 cm³/mol. The molecule has 1 aliphatic heterocycles. The van der Waals surface area contributed by atoms with Gasteiger partial charge in [0.25, 0.3) is 0 Å². The molecule has 1 aromatic carbocycles. The largest absolute Gasteiger partial charge is 0.368 e. The molecule has 106 valence electrons. The van der Waals surface area contributed by atoms with Gasteiger partial charge in [0, 0.05) is 6.61 Å². The maximum atomic E-state index is 12.0. The number of rotatable bonds is 4. The van der Waals surface area contributed by atoms with E-state index in [1.807, 2.05) is 24.3 Å². The molecule has 0 aromatic heterocycles. The molecule has 20 heavy (non-hydrogen) atoms. The van der Waals surface area contributed by atoms with Crippen LogP contribution < -0.4 is 5.32 Å². The van der Waals surface area contributed by atoms with E-state index in [0.717, 1.165) is 18.4 Å². The van der Waals surface area contributed by atoms with Gasteiger partial charge in [0.15, 0.2) is 0 Å². The van der Waals surface area contributed by atoms with Gasteiger partial charge in [-0.2, -0.15) is 5.26 Å². The zero-order chi connectivity index (χ0) is 14.5. The Balaban J connectivity index is 2.04. The second-order valence-corrected chi connectivity index (χ2v) is 5.39. The lowest BCUT2D eigenvalue weighted by molar-refractivity contribution is -0.130. The molecule has 2 atom stereocenters. The summed E-state index contributed by atoms with van der Waals surface area (Å²) in [5.74, 6) is 0.257. The monoisotopic (exact) mass is 272 g/mol. The molecule has 4 heteroatoms. The van der Waals surface area contributed by atoms with Gasteiger partial charge in [-0.05, 0) is 29.9 Å². The highest BCUT2D eigenvalue weighted by Crippen LogP contribution is 2.19. The lowest BCUT2D eigenvalue weighted by Crippen LogP contribution is -2.36. The summed E-state index contributed by atoms with van der Waals surface area (Å²) in [6, 6.07) is 9.32.